The fraction of sp³-hybridized carbons (Fsp3) is 0.714. The van der Waals surface area contributed by atoms with Gasteiger partial charge in [0, 0.05) is 5.16 Å². The third kappa shape index (κ3) is 0.717. The molecule has 46 valence electrons. The smallest absolute Gasteiger partial charge is 0.0115 e. The van der Waals surface area contributed by atoms with Gasteiger partial charge in [0.1, 0.15) is 0 Å². The van der Waals surface area contributed by atoms with E-state index >= 15 is 0 Å². The molecule has 0 aromatic rings. The largest absolute Gasteiger partial charge is 0.114 e. The summed E-state index contributed by atoms with van der Waals surface area (Å²) >= 11 is 0. The highest BCUT2D eigenvalue weighted by Gasteiger charge is 2.43. The Bertz CT molecular complexity index is 112. The first-order chi connectivity index (χ1) is 3.75. The van der Waals surface area contributed by atoms with Crippen LogP contribution in [-0.2, 0) is 0 Å². The van der Waals surface area contributed by atoms with Crippen molar-refractivity contribution in [1.29, 1.82) is 0 Å². The van der Waals surface area contributed by atoms with Crippen LogP contribution in [0.1, 0.15) is 19.8 Å². The van der Waals surface area contributed by atoms with Gasteiger partial charge in [-0.25, -0.2) is 0 Å². The van der Waals surface area contributed by atoms with Gasteiger partial charge in [-0.15, -0.1) is 8.58 Å². The molecule has 1 aliphatic carbocycles. The Balaban J connectivity index is 2.52. The van der Waals surface area contributed by atoms with E-state index in [1.165, 1.54) is 18.4 Å². The molecule has 1 saturated carbocycles. The van der Waals surface area contributed by atoms with E-state index in [1.807, 2.05) is 0 Å². The SMILES string of the molecule is C=C1CC1(CC)PC. The Kier molecular flexibility index (Phi) is 1.45. The van der Waals surface area contributed by atoms with Crippen LogP contribution in [0.3, 0.4) is 0 Å². The molecular formula is C7H13P. The summed E-state index contributed by atoms with van der Waals surface area (Å²) in [4.78, 5) is 0. The van der Waals surface area contributed by atoms with Crippen molar-refractivity contribution in [2.75, 3.05) is 6.66 Å². The zero-order valence-corrected chi connectivity index (χ0v) is 6.62. The van der Waals surface area contributed by atoms with Crippen molar-refractivity contribution in [3.05, 3.63) is 12.2 Å². The van der Waals surface area contributed by atoms with E-state index in [0.29, 0.717) is 5.16 Å². The molecule has 0 aliphatic heterocycles. The summed E-state index contributed by atoms with van der Waals surface area (Å²) in [5.74, 6) is 0. The van der Waals surface area contributed by atoms with Gasteiger partial charge in [-0.2, -0.15) is 0 Å². The standard InChI is InChI=1S/C7H13P/c1-4-7(8-3)5-6(7)2/h8H,2,4-5H2,1,3H3. The summed E-state index contributed by atoms with van der Waals surface area (Å²) in [6.07, 6.45) is 2.61. The number of rotatable bonds is 2. The van der Waals surface area contributed by atoms with E-state index in [4.69, 9.17) is 0 Å². The number of allylic oxidation sites excluding steroid dienone is 1. The quantitative estimate of drug-likeness (QED) is 0.395. The molecule has 1 fully saturated rings. The lowest BCUT2D eigenvalue weighted by Gasteiger charge is -2.05. The summed E-state index contributed by atoms with van der Waals surface area (Å²) in [5.41, 5.74) is 1.49. The van der Waals surface area contributed by atoms with E-state index < -0.39 is 0 Å². The summed E-state index contributed by atoms with van der Waals surface area (Å²) in [5, 5.41) is 0.625. The predicted octanol–water partition coefficient (Wildman–Crippen LogP) is 2.40. The predicted molar refractivity (Wildman–Crippen MR) is 41.0 cm³/mol. The average Bonchev–Trinajstić information content (AvgIpc) is 2.43. The fourth-order valence-corrected chi connectivity index (χ4v) is 2.23. The van der Waals surface area contributed by atoms with Crippen molar-refractivity contribution < 1.29 is 0 Å². The van der Waals surface area contributed by atoms with Crippen molar-refractivity contribution >= 4 is 8.58 Å². The van der Waals surface area contributed by atoms with Gasteiger partial charge >= 0.3 is 0 Å². The summed E-state index contributed by atoms with van der Waals surface area (Å²) in [6, 6.07) is 0. The van der Waals surface area contributed by atoms with Crippen LogP contribution in [-0.4, -0.2) is 11.8 Å². The third-order valence-electron chi connectivity index (χ3n) is 2.15. The molecule has 2 atom stereocenters. The van der Waals surface area contributed by atoms with Crippen molar-refractivity contribution in [3.8, 4) is 0 Å². The lowest BCUT2D eigenvalue weighted by atomic mass is 10.3. The van der Waals surface area contributed by atoms with Crippen molar-refractivity contribution in [2.24, 2.45) is 0 Å². The molecule has 8 heavy (non-hydrogen) atoms. The van der Waals surface area contributed by atoms with Gasteiger partial charge < -0.3 is 0 Å². The van der Waals surface area contributed by atoms with Crippen molar-refractivity contribution in [1.82, 2.24) is 0 Å². The van der Waals surface area contributed by atoms with E-state index in [2.05, 4.69) is 20.2 Å². The minimum atomic E-state index is 0.625. The van der Waals surface area contributed by atoms with Gasteiger partial charge in [-0.1, -0.05) is 19.1 Å². The maximum absolute atomic E-state index is 3.97. The second-order valence-electron chi connectivity index (χ2n) is 2.47. The summed E-state index contributed by atoms with van der Waals surface area (Å²) in [6.45, 7) is 8.51. The summed E-state index contributed by atoms with van der Waals surface area (Å²) < 4.78 is 0. The van der Waals surface area contributed by atoms with Crippen LogP contribution in [0.4, 0.5) is 0 Å². The molecule has 0 N–H and O–H groups in total. The van der Waals surface area contributed by atoms with E-state index in [1.54, 1.807) is 0 Å². The Hall–Kier alpha value is 0.170. The molecule has 0 aromatic carbocycles. The van der Waals surface area contributed by atoms with E-state index in [-0.39, 0.29) is 0 Å². The van der Waals surface area contributed by atoms with Gasteiger partial charge in [0.05, 0.1) is 0 Å². The van der Waals surface area contributed by atoms with Crippen molar-refractivity contribution in [2.45, 2.75) is 24.9 Å². The lowest BCUT2D eigenvalue weighted by Crippen LogP contribution is -1.95. The third-order valence-corrected chi connectivity index (χ3v) is 3.99. The first-order valence-corrected chi connectivity index (χ1v) is 4.62. The highest BCUT2D eigenvalue weighted by Crippen LogP contribution is 2.57. The zero-order valence-electron chi connectivity index (χ0n) is 5.62. The molecule has 1 rings (SSSR count). The van der Waals surface area contributed by atoms with Gasteiger partial charge in [0.25, 0.3) is 0 Å². The highest BCUT2D eigenvalue weighted by atomic mass is 31.1. The van der Waals surface area contributed by atoms with Crippen LogP contribution in [0.15, 0.2) is 12.2 Å². The second-order valence-corrected chi connectivity index (χ2v) is 3.92. The van der Waals surface area contributed by atoms with Crippen LogP contribution < -0.4 is 0 Å². The maximum Gasteiger partial charge on any atom is 0.0115 e. The molecule has 0 radical (unpaired) electrons. The monoisotopic (exact) mass is 128 g/mol. The minimum Gasteiger partial charge on any atom is -0.114 e. The molecule has 1 aliphatic rings. The normalized spacial score (nSPS) is 37.0. The zero-order chi connectivity index (χ0) is 6.20. The van der Waals surface area contributed by atoms with Gasteiger partial charge in [-0.3, -0.25) is 0 Å². The molecule has 1 heteroatoms. The molecule has 0 spiro atoms. The van der Waals surface area contributed by atoms with E-state index in [9.17, 15) is 0 Å². The van der Waals surface area contributed by atoms with Crippen LogP contribution in [0, 0.1) is 0 Å². The number of hydrogen-bond donors (Lipinski definition) is 0. The minimum absolute atomic E-state index is 0.625. The Morgan fingerprint density at radius 1 is 1.88 bits per heavy atom. The van der Waals surface area contributed by atoms with Gasteiger partial charge in [0.2, 0.25) is 0 Å². The summed E-state index contributed by atoms with van der Waals surface area (Å²) in [7, 11) is 1.08. The molecule has 0 saturated heterocycles. The second kappa shape index (κ2) is 1.84. The topological polar surface area (TPSA) is 0 Å². The molecule has 0 nitrogen and oxygen atoms in total. The highest BCUT2D eigenvalue weighted by molar-refractivity contribution is 7.40. The first kappa shape index (κ1) is 6.29. The van der Waals surface area contributed by atoms with Gasteiger partial charge in [0.15, 0.2) is 0 Å². The Morgan fingerprint density at radius 2 is 2.38 bits per heavy atom. The van der Waals surface area contributed by atoms with Crippen LogP contribution in [0.2, 0.25) is 0 Å². The molecular weight excluding hydrogens is 115 g/mol. The first-order valence-electron chi connectivity index (χ1n) is 3.12. The molecule has 0 heterocycles. The van der Waals surface area contributed by atoms with Crippen LogP contribution >= 0.6 is 8.58 Å². The Labute approximate surface area is 53.1 Å². The van der Waals surface area contributed by atoms with Crippen LogP contribution in [0.5, 0.6) is 0 Å². The molecule has 2 unspecified atom stereocenters. The van der Waals surface area contributed by atoms with Gasteiger partial charge in [-0.05, 0) is 19.5 Å². The molecule has 0 bridgehead atoms. The Morgan fingerprint density at radius 3 is 2.38 bits per heavy atom. The average molecular weight is 128 g/mol. The van der Waals surface area contributed by atoms with Crippen molar-refractivity contribution in [3.63, 3.8) is 0 Å². The lowest BCUT2D eigenvalue weighted by molar-refractivity contribution is 0.873. The number of hydrogen-bond acceptors (Lipinski definition) is 0. The molecule has 0 amide bonds. The maximum atomic E-state index is 3.97. The fourth-order valence-electron chi connectivity index (χ4n) is 1.14. The molecule has 0 aromatic heterocycles. The van der Waals surface area contributed by atoms with Crippen LogP contribution in [0.25, 0.3) is 0 Å². The van der Waals surface area contributed by atoms with E-state index in [0.717, 1.165) is 8.58 Å².